The first-order chi connectivity index (χ1) is 8.05. The maximum Gasteiger partial charge on any atom is 0.0921 e. The molecule has 0 N–H and O–H groups in total. The third kappa shape index (κ3) is 3.51. The van der Waals surface area contributed by atoms with Gasteiger partial charge in [-0.2, -0.15) is 0 Å². The van der Waals surface area contributed by atoms with E-state index in [0.717, 1.165) is 31.7 Å². The van der Waals surface area contributed by atoms with Gasteiger partial charge in [-0.1, -0.05) is 6.07 Å². The van der Waals surface area contributed by atoms with Crippen molar-refractivity contribution < 1.29 is 4.74 Å². The summed E-state index contributed by atoms with van der Waals surface area (Å²) in [5, 5.41) is 0. The van der Waals surface area contributed by atoms with Crippen LogP contribution in [0, 0.1) is 6.20 Å². The summed E-state index contributed by atoms with van der Waals surface area (Å²) < 4.78 is 5.82. The molecule has 93 valence electrons. The molecule has 1 aromatic heterocycles. The van der Waals surface area contributed by atoms with Crippen LogP contribution >= 0.6 is 0 Å². The van der Waals surface area contributed by atoms with Crippen LogP contribution in [0.5, 0.6) is 0 Å². The molecule has 1 aliphatic rings. The number of hydrogen-bond acceptors (Lipinski definition) is 3. The van der Waals surface area contributed by atoms with Gasteiger partial charge in [0.1, 0.15) is 0 Å². The molecule has 17 heavy (non-hydrogen) atoms. The van der Waals surface area contributed by atoms with Crippen LogP contribution < -0.4 is 0 Å². The Hall–Kier alpha value is -0.930. The van der Waals surface area contributed by atoms with Gasteiger partial charge in [-0.05, 0) is 32.4 Å². The summed E-state index contributed by atoms with van der Waals surface area (Å²) in [5.74, 6) is 0. The average Bonchev–Trinajstić information content (AvgIpc) is 2.29. The summed E-state index contributed by atoms with van der Waals surface area (Å²) in [7, 11) is 0. The Bertz CT molecular complexity index is 345. The van der Waals surface area contributed by atoms with Gasteiger partial charge in [0.2, 0.25) is 0 Å². The fourth-order valence-electron chi connectivity index (χ4n) is 2.17. The van der Waals surface area contributed by atoms with Crippen molar-refractivity contribution in [1.29, 1.82) is 0 Å². The Morgan fingerprint density at radius 1 is 1.53 bits per heavy atom. The first-order valence-corrected chi connectivity index (χ1v) is 6.24. The van der Waals surface area contributed by atoms with Crippen LogP contribution in [-0.4, -0.2) is 41.2 Å². The van der Waals surface area contributed by atoms with Crippen LogP contribution in [0.4, 0.5) is 0 Å². The molecule has 1 atom stereocenters. The smallest absolute Gasteiger partial charge is 0.0921 e. The minimum atomic E-state index is 0.223. The largest absolute Gasteiger partial charge is 0.375 e. The Morgan fingerprint density at radius 3 is 3.00 bits per heavy atom. The van der Waals surface area contributed by atoms with E-state index in [0.29, 0.717) is 0 Å². The Morgan fingerprint density at radius 2 is 2.35 bits per heavy atom. The van der Waals surface area contributed by atoms with E-state index in [1.165, 1.54) is 0 Å². The van der Waals surface area contributed by atoms with Crippen LogP contribution in [0.25, 0.3) is 0 Å². The van der Waals surface area contributed by atoms with Crippen molar-refractivity contribution in [3.8, 4) is 0 Å². The topological polar surface area (TPSA) is 25.4 Å². The molecule has 1 aromatic rings. The third-order valence-electron chi connectivity index (χ3n) is 3.20. The van der Waals surface area contributed by atoms with Crippen molar-refractivity contribution in [2.45, 2.75) is 38.8 Å². The second-order valence-electron chi connectivity index (χ2n) is 5.59. The Labute approximate surface area is 104 Å². The summed E-state index contributed by atoms with van der Waals surface area (Å²) >= 11 is 0. The zero-order chi connectivity index (χ0) is 12.3. The lowest BCUT2D eigenvalue weighted by Gasteiger charge is -2.41. The molecular formula is C14H21N2O. The van der Waals surface area contributed by atoms with Gasteiger partial charge in [0, 0.05) is 31.2 Å². The van der Waals surface area contributed by atoms with E-state index >= 15 is 0 Å². The van der Waals surface area contributed by atoms with Crippen molar-refractivity contribution in [3.05, 3.63) is 30.1 Å². The van der Waals surface area contributed by atoms with Gasteiger partial charge in [-0.25, -0.2) is 0 Å². The molecule has 3 heteroatoms. The molecule has 0 saturated carbocycles. The lowest BCUT2D eigenvalue weighted by molar-refractivity contribution is -0.0572. The Balaban J connectivity index is 1.94. The Kier molecular flexibility index (Phi) is 3.79. The van der Waals surface area contributed by atoms with E-state index in [9.17, 15) is 0 Å². The second kappa shape index (κ2) is 5.15. The van der Waals surface area contributed by atoms with Crippen molar-refractivity contribution in [3.63, 3.8) is 0 Å². The van der Waals surface area contributed by atoms with Gasteiger partial charge >= 0.3 is 0 Å². The van der Waals surface area contributed by atoms with Crippen LogP contribution in [0.1, 0.15) is 26.3 Å². The first kappa shape index (κ1) is 12.5. The van der Waals surface area contributed by atoms with E-state index in [4.69, 9.17) is 4.74 Å². The van der Waals surface area contributed by atoms with Crippen LogP contribution in [0.15, 0.2) is 18.3 Å². The molecule has 1 unspecified atom stereocenters. The minimum absolute atomic E-state index is 0.223. The summed E-state index contributed by atoms with van der Waals surface area (Å²) in [4.78, 5) is 6.51. The molecule has 1 fully saturated rings. The van der Waals surface area contributed by atoms with Gasteiger partial charge in [-0.3, -0.25) is 9.88 Å². The molecule has 0 aliphatic carbocycles. The van der Waals surface area contributed by atoms with Crippen molar-refractivity contribution >= 4 is 0 Å². The number of rotatable bonds is 2. The van der Waals surface area contributed by atoms with E-state index in [1.807, 2.05) is 6.07 Å². The lowest BCUT2D eigenvalue weighted by atomic mass is 10.0. The van der Waals surface area contributed by atoms with Crippen molar-refractivity contribution in [2.24, 2.45) is 0 Å². The SMILES string of the molecule is CC(C)(C)N1CCOC(Cc2[c]nccc2)C1. The summed E-state index contributed by atoms with van der Waals surface area (Å²) in [6.07, 6.45) is 5.95. The molecule has 2 heterocycles. The minimum Gasteiger partial charge on any atom is -0.375 e. The van der Waals surface area contributed by atoms with Gasteiger partial charge in [0.05, 0.1) is 18.9 Å². The number of nitrogens with zero attached hydrogens (tertiary/aromatic N) is 2. The molecule has 0 bridgehead atoms. The molecule has 0 aromatic carbocycles. The molecule has 0 spiro atoms. The van der Waals surface area contributed by atoms with E-state index in [2.05, 4.69) is 42.9 Å². The van der Waals surface area contributed by atoms with Gasteiger partial charge < -0.3 is 4.74 Å². The fourth-order valence-corrected chi connectivity index (χ4v) is 2.17. The van der Waals surface area contributed by atoms with Gasteiger partial charge in [-0.15, -0.1) is 0 Å². The highest BCUT2D eigenvalue weighted by Gasteiger charge is 2.28. The zero-order valence-electron chi connectivity index (χ0n) is 10.9. The normalized spacial score (nSPS) is 22.6. The highest BCUT2D eigenvalue weighted by Crippen LogP contribution is 2.19. The van der Waals surface area contributed by atoms with Crippen molar-refractivity contribution in [1.82, 2.24) is 9.88 Å². The number of morpholine rings is 1. The molecule has 1 saturated heterocycles. The monoisotopic (exact) mass is 233 g/mol. The third-order valence-corrected chi connectivity index (χ3v) is 3.20. The number of hydrogen-bond donors (Lipinski definition) is 0. The number of aromatic nitrogens is 1. The van der Waals surface area contributed by atoms with Crippen molar-refractivity contribution in [2.75, 3.05) is 19.7 Å². The fraction of sp³-hybridized carbons (Fsp3) is 0.643. The maximum atomic E-state index is 5.82. The van der Waals surface area contributed by atoms with E-state index < -0.39 is 0 Å². The average molecular weight is 233 g/mol. The quantitative estimate of drug-likeness (QED) is 0.780. The highest BCUT2D eigenvalue weighted by atomic mass is 16.5. The van der Waals surface area contributed by atoms with E-state index in [-0.39, 0.29) is 11.6 Å². The summed E-state index contributed by atoms with van der Waals surface area (Å²) in [6, 6.07) is 4.02. The van der Waals surface area contributed by atoms with Gasteiger partial charge in [0.15, 0.2) is 0 Å². The van der Waals surface area contributed by atoms with Gasteiger partial charge in [0.25, 0.3) is 0 Å². The molecule has 1 aliphatic heterocycles. The molecule has 2 rings (SSSR count). The summed E-state index contributed by atoms with van der Waals surface area (Å²) in [5.41, 5.74) is 1.36. The second-order valence-corrected chi connectivity index (χ2v) is 5.59. The predicted octanol–water partition coefficient (Wildman–Crippen LogP) is 1.92. The highest BCUT2D eigenvalue weighted by molar-refractivity contribution is 5.08. The zero-order valence-corrected chi connectivity index (χ0v) is 10.9. The predicted molar refractivity (Wildman–Crippen MR) is 67.8 cm³/mol. The standard InChI is InChI=1S/C14H21N2O/c1-14(2,3)16-7-8-17-13(11-16)9-12-5-4-6-15-10-12/h4-6,13H,7-9,11H2,1-3H3. The molecule has 1 radical (unpaired) electrons. The van der Waals surface area contributed by atoms with Crippen LogP contribution in [0.3, 0.4) is 0 Å². The first-order valence-electron chi connectivity index (χ1n) is 6.24. The summed E-state index contributed by atoms with van der Waals surface area (Å²) in [6.45, 7) is 9.61. The number of pyridine rings is 1. The van der Waals surface area contributed by atoms with Crippen LogP contribution in [-0.2, 0) is 11.2 Å². The maximum absolute atomic E-state index is 5.82. The number of ether oxygens (including phenoxy) is 1. The van der Waals surface area contributed by atoms with Crippen LogP contribution in [0.2, 0.25) is 0 Å². The molecule has 0 amide bonds. The lowest BCUT2D eigenvalue weighted by Crippen LogP contribution is -2.51. The van der Waals surface area contributed by atoms with E-state index in [1.54, 1.807) is 6.20 Å². The molecule has 3 nitrogen and oxygen atoms in total. The molecular weight excluding hydrogens is 212 g/mol.